The van der Waals surface area contributed by atoms with E-state index in [9.17, 15) is 9.59 Å². The molecular weight excluding hydrogens is 845 g/mol. The number of anilines is 2. The fourth-order valence-electron chi connectivity index (χ4n) is 9.07. The molecule has 0 atom stereocenters. The van der Waals surface area contributed by atoms with Crippen LogP contribution in [0.15, 0.2) is 134 Å². The predicted octanol–water partition coefficient (Wildman–Crippen LogP) is 9.24. The lowest BCUT2D eigenvalue weighted by Crippen LogP contribution is -2.44. The maximum atomic E-state index is 13.2. The average Bonchev–Trinajstić information content (AvgIpc) is 3.98. The molecule has 0 radical (unpaired) electrons. The van der Waals surface area contributed by atoms with Crippen LogP contribution in [0.25, 0.3) is 33.8 Å². The van der Waals surface area contributed by atoms with Gasteiger partial charge in [0.25, 0.3) is 11.8 Å². The Morgan fingerprint density at radius 2 is 0.882 bits per heavy atom. The molecular formula is C56H62N10O2. The fraction of sp³-hybridized carbons (Fsp3) is 0.286. The van der Waals surface area contributed by atoms with Gasteiger partial charge in [0.05, 0.1) is 11.4 Å². The number of aryl methyl sites for hydroxylation is 4. The zero-order chi connectivity index (χ0) is 47.3. The first-order valence-corrected chi connectivity index (χ1v) is 23.7. The number of benzene rings is 4. The normalized spacial score (nSPS) is 15.0. The van der Waals surface area contributed by atoms with Crippen LogP contribution in [0.5, 0.6) is 0 Å². The van der Waals surface area contributed by atoms with Crippen LogP contribution in [-0.4, -0.2) is 117 Å². The molecule has 0 saturated carbocycles. The predicted molar refractivity (Wildman–Crippen MR) is 275 cm³/mol. The van der Waals surface area contributed by atoms with Gasteiger partial charge >= 0.3 is 0 Å². The Balaban J connectivity index is 0.000000170. The topological polar surface area (TPSA) is 106 Å². The van der Waals surface area contributed by atoms with Gasteiger partial charge in [0.2, 0.25) is 0 Å². The molecule has 2 aliphatic rings. The van der Waals surface area contributed by atoms with Gasteiger partial charge in [-0.25, -0.2) is 9.97 Å². The third kappa shape index (κ3) is 10.9. The lowest BCUT2D eigenvalue weighted by molar-refractivity contribution is 0.101. The van der Waals surface area contributed by atoms with Crippen LogP contribution in [0.4, 0.5) is 11.4 Å². The van der Waals surface area contributed by atoms with Gasteiger partial charge in [-0.1, -0.05) is 71.8 Å². The molecule has 68 heavy (non-hydrogen) atoms. The lowest BCUT2D eigenvalue weighted by atomic mass is 10.0. The Labute approximate surface area is 399 Å². The molecule has 2 saturated heterocycles. The van der Waals surface area contributed by atoms with Crippen molar-refractivity contribution in [2.45, 2.75) is 40.8 Å². The van der Waals surface area contributed by atoms with E-state index in [1.807, 2.05) is 119 Å². The second-order valence-corrected chi connectivity index (χ2v) is 18.6. The van der Waals surface area contributed by atoms with Crippen molar-refractivity contribution >= 4 is 34.5 Å². The number of pyridine rings is 2. The van der Waals surface area contributed by atoms with Crippen LogP contribution >= 0.6 is 0 Å². The Hall–Kier alpha value is -6.96. The van der Waals surface area contributed by atoms with Crippen molar-refractivity contribution in [1.29, 1.82) is 0 Å². The quantitative estimate of drug-likeness (QED) is 0.140. The van der Waals surface area contributed by atoms with Gasteiger partial charge in [0.1, 0.15) is 11.3 Å². The standard InChI is InChI=1S/2C28H31N5O/c2*1-20-6-11-25(23(17-20)18-32-15-13-31(3)14-16-32)28(34)29-24-9-7-22(8-10-24)26-19-33-12-4-5-21(2)27(33)30-26/h2*4-12,17,19H,13-16,18H2,1-3H3,(H,29,34). The first-order chi connectivity index (χ1) is 32.9. The molecule has 0 spiro atoms. The van der Waals surface area contributed by atoms with Crippen LogP contribution < -0.4 is 10.6 Å². The first kappa shape index (κ1) is 46.2. The van der Waals surface area contributed by atoms with E-state index < -0.39 is 0 Å². The van der Waals surface area contributed by atoms with E-state index in [-0.39, 0.29) is 11.8 Å². The van der Waals surface area contributed by atoms with Gasteiger partial charge in [-0.05, 0) is 113 Å². The van der Waals surface area contributed by atoms with Gasteiger partial charge in [-0.2, -0.15) is 0 Å². The molecule has 2 N–H and O–H groups in total. The monoisotopic (exact) mass is 907 g/mol. The lowest BCUT2D eigenvalue weighted by Gasteiger charge is -2.32. The number of hydrogen-bond donors (Lipinski definition) is 2. The number of piperazine rings is 2. The summed E-state index contributed by atoms with van der Waals surface area (Å²) >= 11 is 0. The summed E-state index contributed by atoms with van der Waals surface area (Å²) in [6, 6.07) is 36.2. The van der Waals surface area contributed by atoms with E-state index in [2.05, 4.69) is 96.3 Å². The summed E-state index contributed by atoms with van der Waals surface area (Å²) in [7, 11) is 4.31. The summed E-state index contributed by atoms with van der Waals surface area (Å²) in [4.78, 5) is 45.5. The van der Waals surface area contributed by atoms with Crippen molar-refractivity contribution in [2.75, 3.05) is 77.1 Å². The van der Waals surface area contributed by atoms with Gasteiger partial charge < -0.3 is 29.2 Å². The highest BCUT2D eigenvalue weighted by Crippen LogP contribution is 2.26. The Morgan fingerprint density at radius 1 is 0.500 bits per heavy atom. The SMILES string of the molecule is Cc1ccc(C(=O)Nc2ccc(-c3cn4cccc(C)c4n3)cc2)c(CN2CCN(C)CC2)c1.Cc1ccc(C(=O)Nc2ccc(-c3cn4cccc(C)c4n3)cc2)c(CN2CCN(C)CC2)c1. The van der Waals surface area contributed by atoms with Crippen LogP contribution in [0.3, 0.4) is 0 Å². The van der Waals surface area contributed by atoms with Crippen LogP contribution in [0.1, 0.15) is 54.1 Å². The number of rotatable bonds is 10. The molecule has 2 amide bonds. The Kier molecular flexibility index (Phi) is 13.9. The van der Waals surface area contributed by atoms with Crippen molar-refractivity contribution in [3.05, 3.63) is 178 Å². The third-order valence-corrected chi connectivity index (χ3v) is 13.2. The summed E-state index contributed by atoms with van der Waals surface area (Å²) in [6.07, 6.45) is 8.09. The maximum absolute atomic E-state index is 13.2. The summed E-state index contributed by atoms with van der Waals surface area (Å²) in [5, 5.41) is 6.17. The molecule has 2 fully saturated rings. The molecule has 348 valence electrons. The highest BCUT2D eigenvalue weighted by Gasteiger charge is 2.20. The van der Waals surface area contributed by atoms with Gasteiger partial charge in [-0.15, -0.1) is 0 Å². The van der Waals surface area contributed by atoms with Crippen molar-refractivity contribution in [2.24, 2.45) is 0 Å². The highest BCUT2D eigenvalue weighted by molar-refractivity contribution is 6.06. The van der Waals surface area contributed by atoms with Gasteiger partial charge in [0, 0.05) is 124 Å². The largest absolute Gasteiger partial charge is 0.322 e. The summed E-state index contributed by atoms with van der Waals surface area (Å²) in [5.41, 5.74) is 15.6. The smallest absolute Gasteiger partial charge is 0.255 e. The molecule has 0 aliphatic carbocycles. The second kappa shape index (κ2) is 20.5. The van der Waals surface area contributed by atoms with Gasteiger partial charge in [0.15, 0.2) is 0 Å². The highest BCUT2D eigenvalue weighted by atomic mass is 16.2. The minimum atomic E-state index is -0.0692. The number of aromatic nitrogens is 4. The summed E-state index contributed by atoms with van der Waals surface area (Å²) in [5.74, 6) is -0.138. The van der Waals surface area contributed by atoms with Crippen LogP contribution in [-0.2, 0) is 13.1 Å². The molecule has 6 heterocycles. The zero-order valence-corrected chi connectivity index (χ0v) is 40.2. The van der Waals surface area contributed by atoms with Crippen LogP contribution in [0, 0.1) is 27.7 Å². The number of nitrogens with zero attached hydrogens (tertiary/aromatic N) is 8. The number of hydrogen-bond acceptors (Lipinski definition) is 8. The molecule has 4 aromatic heterocycles. The second-order valence-electron chi connectivity index (χ2n) is 18.6. The molecule has 8 aromatic rings. The van der Waals surface area contributed by atoms with Crippen molar-refractivity contribution in [1.82, 2.24) is 38.4 Å². The van der Waals surface area contributed by atoms with E-state index in [1.54, 1.807) is 0 Å². The first-order valence-electron chi connectivity index (χ1n) is 23.7. The molecule has 4 aromatic carbocycles. The molecule has 12 nitrogen and oxygen atoms in total. The van der Waals surface area contributed by atoms with E-state index in [0.717, 1.165) is 144 Å². The Morgan fingerprint density at radius 3 is 1.25 bits per heavy atom. The minimum absolute atomic E-state index is 0.0692. The molecule has 0 bridgehead atoms. The van der Waals surface area contributed by atoms with E-state index in [4.69, 9.17) is 9.97 Å². The molecule has 0 unspecified atom stereocenters. The number of amides is 2. The molecule has 10 rings (SSSR count). The Bertz CT molecular complexity index is 2840. The zero-order valence-electron chi connectivity index (χ0n) is 40.2. The maximum Gasteiger partial charge on any atom is 0.255 e. The number of carbonyl (C=O) groups excluding carboxylic acids is 2. The summed E-state index contributed by atoms with van der Waals surface area (Å²) < 4.78 is 4.08. The van der Waals surface area contributed by atoms with E-state index >= 15 is 0 Å². The average molecular weight is 907 g/mol. The van der Waals surface area contributed by atoms with Gasteiger partial charge in [-0.3, -0.25) is 19.4 Å². The number of imidazole rings is 2. The summed E-state index contributed by atoms with van der Waals surface area (Å²) in [6.45, 7) is 18.2. The van der Waals surface area contributed by atoms with E-state index in [1.165, 1.54) is 11.1 Å². The minimum Gasteiger partial charge on any atom is -0.322 e. The number of fused-ring (bicyclic) bond motifs is 2. The fourth-order valence-corrected chi connectivity index (χ4v) is 9.07. The number of likely N-dealkylation sites (N-methyl/N-ethyl adjacent to an activating group) is 2. The number of carbonyl (C=O) groups is 2. The molecule has 12 heteroatoms. The van der Waals surface area contributed by atoms with E-state index in [0.29, 0.717) is 0 Å². The van der Waals surface area contributed by atoms with Crippen LogP contribution in [0.2, 0.25) is 0 Å². The molecule has 2 aliphatic heterocycles. The number of nitrogens with one attached hydrogen (secondary N) is 2. The van der Waals surface area contributed by atoms with Crippen molar-refractivity contribution in [3.8, 4) is 22.5 Å². The van der Waals surface area contributed by atoms with Crippen molar-refractivity contribution in [3.63, 3.8) is 0 Å². The third-order valence-electron chi connectivity index (χ3n) is 13.2. The van der Waals surface area contributed by atoms with Crippen molar-refractivity contribution < 1.29 is 9.59 Å².